The van der Waals surface area contributed by atoms with E-state index in [2.05, 4.69) is 9.97 Å². The van der Waals surface area contributed by atoms with Crippen molar-refractivity contribution in [3.8, 4) is 17.3 Å². The number of rotatable bonds is 3. The molecule has 0 aliphatic carbocycles. The van der Waals surface area contributed by atoms with Gasteiger partial charge in [-0.15, -0.1) is 0 Å². The number of thioether (sulfide) groups is 1. The number of carboxylic acids is 1. The molecule has 0 saturated carbocycles. The van der Waals surface area contributed by atoms with Crippen molar-refractivity contribution < 1.29 is 9.90 Å². The van der Waals surface area contributed by atoms with Gasteiger partial charge in [-0.25, -0.2) is 9.78 Å². The molecule has 6 nitrogen and oxygen atoms in total. The fourth-order valence-electron chi connectivity index (χ4n) is 1.86. The van der Waals surface area contributed by atoms with Crippen molar-refractivity contribution >= 4 is 17.7 Å². The second-order valence-electron chi connectivity index (χ2n) is 4.25. The molecule has 2 N–H and O–H groups in total. The lowest BCUT2D eigenvalue weighted by molar-refractivity contribution is 0.0696. The van der Waals surface area contributed by atoms with Crippen LogP contribution in [0.1, 0.15) is 21.5 Å². The Labute approximate surface area is 124 Å². The molecule has 106 valence electrons. The molecule has 2 aromatic rings. The van der Waals surface area contributed by atoms with E-state index >= 15 is 0 Å². The lowest BCUT2D eigenvalue weighted by Crippen LogP contribution is -2.14. The molecule has 0 atom stereocenters. The summed E-state index contributed by atoms with van der Waals surface area (Å²) in [5, 5.41) is 18.7. The van der Waals surface area contributed by atoms with Crippen LogP contribution in [0.15, 0.2) is 28.2 Å². The van der Waals surface area contributed by atoms with E-state index in [1.165, 1.54) is 17.8 Å². The minimum Gasteiger partial charge on any atom is -0.478 e. The number of nitrogens with zero attached hydrogens (tertiary/aromatic N) is 2. The van der Waals surface area contributed by atoms with Gasteiger partial charge in [0.15, 0.2) is 5.16 Å². The summed E-state index contributed by atoms with van der Waals surface area (Å²) in [7, 11) is 0. The normalized spacial score (nSPS) is 10.1. The molecule has 0 amide bonds. The highest BCUT2D eigenvalue weighted by atomic mass is 32.2. The largest absolute Gasteiger partial charge is 0.478 e. The van der Waals surface area contributed by atoms with Crippen molar-refractivity contribution in [2.45, 2.75) is 12.1 Å². The average Bonchev–Trinajstić information content (AvgIpc) is 2.46. The van der Waals surface area contributed by atoms with E-state index < -0.39 is 11.5 Å². The highest BCUT2D eigenvalue weighted by Crippen LogP contribution is 2.23. The molecule has 0 radical (unpaired) electrons. The van der Waals surface area contributed by atoms with Gasteiger partial charge in [0.05, 0.1) is 11.3 Å². The number of nitrogens with one attached hydrogen (secondary N) is 1. The molecule has 7 heteroatoms. The topological polar surface area (TPSA) is 107 Å². The number of nitriles is 1. The minimum atomic E-state index is -1.07. The second-order valence-corrected chi connectivity index (χ2v) is 5.04. The second kappa shape index (κ2) is 5.81. The predicted molar refractivity (Wildman–Crippen MR) is 78.5 cm³/mol. The molecule has 0 bridgehead atoms. The number of hydrogen-bond acceptors (Lipinski definition) is 5. The zero-order chi connectivity index (χ0) is 15.6. The smallest absolute Gasteiger partial charge is 0.335 e. The Morgan fingerprint density at radius 2 is 2.19 bits per heavy atom. The number of aryl methyl sites for hydroxylation is 1. The number of carbonyl (C=O) groups is 1. The minimum absolute atomic E-state index is 0.115. The first-order valence-corrected chi connectivity index (χ1v) is 7.13. The number of carboxylic acid groups (broad SMARTS) is 1. The maximum absolute atomic E-state index is 11.9. The maximum atomic E-state index is 11.9. The first-order chi connectivity index (χ1) is 9.97. The number of aromatic nitrogens is 2. The summed E-state index contributed by atoms with van der Waals surface area (Å²) in [5.41, 5.74) is 0.658. The van der Waals surface area contributed by atoms with Crippen molar-refractivity contribution in [2.24, 2.45) is 0 Å². The van der Waals surface area contributed by atoms with Gasteiger partial charge >= 0.3 is 5.97 Å². The lowest BCUT2D eigenvalue weighted by Gasteiger charge is -2.07. The third kappa shape index (κ3) is 2.80. The van der Waals surface area contributed by atoms with Crippen molar-refractivity contribution in [2.75, 3.05) is 6.26 Å². The van der Waals surface area contributed by atoms with Gasteiger partial charge in [-0.3, -0.25) is 4.79 Å². The Bertz CT molecular complexity index is 821. The first kappa shape index (κ1) is 14.8. The number of H-pyrrole nitrogens is 1. The van der Waals surface area contributed by atoms with Gasteiger partial charge in [0.2, 0.25) is 0 Å². The van der Waals surface area contributed by atoms with Crippen molar-refractivity contribution in [3.05, 3.63) is 45.2 Å². The molecule has 0 unspecified atom stereocenters. The summed E-state index contributed by atoms with van der Waals surface area (Å²) in [6, 6.07) is 6.51. The SMILES string of the molecule is CSc1nc(-c2ccc(C)c(C(=O)O)c2)c(C#N)c(=O)[nH]1. The zero-order valence-electron chi connectivity index (χ0n) is 11.3. The molecule has 1 heterocycles. The van der Waals surface area contributed by atoms with Gasteiger partial charge in [-0.1, -0.05) is 23.9 Å². The van der Waals surface area contributed by atoms with Crippen LogP contribution in [-0.2, 0) is 0 Å². The summed E-state index contributed by atoms with van der Waals surface area (Å²) in [4.78, 5) is 29.8. The van der Waals surface area contributed by atoms with Crippen LogP contribution in [0.25, 0.3) is 11.3 Å². The van der Waals surface area contributed by atoms with Crippen LogP contribution < -0.4 is 5.56 Å². The van der Waals surface area contributed by atoms with Gasteiger partial charge in [0.1, 0.15) is 11.6 Å². The van der Waals surface area contributed by atoms with Crippen LogP contribution in [0.4, 0.5) is 0 Å². The van der Waals surface area contributed by atoms with Crippen LogP contribution in [0.2, 0.25) is 0 Å². The molecule has 0 aliphatic heterocycles. The molecule has 0 spiro atoms. The molecule has 0 saturated heterocycles. The first-order valence-electron chi connectivity index (χ1n) is 5.90. The van der Waals surface area contributed by atoms with Gasteiger partial charge < -0.3 is 10.1 Å². The molecule has 21 heavy (non-hydrogen) atoms. The molecule has 1 aromatic heterocycles. The van der Waals surface area contributed by atoms with E-state index in [-0.39, 0.29) is 16.8 Å². The molecule has 1 aromatic carbocycles. The van der Waals surface area contributed by atoms with Crippen molar-refractivity contribution in [1.82, 2.24) is 9.97 Å². The van der Waals surface area contributed by atoms with E-state index in [1.54, 1.807) is 25.3 Å². The third-order valence-electron chi connectivity index (χ3n) is 2.94. The van der Waals surface area contributed by atoms with Gasteiger partial charge in [0.25, 0.3) is 5.56 Å². The summed E-state index contributed by atoms with van der Waals surface area (Å²) < 4.78 is 0. The van der Waals surface area contributed by atoms with Gasteiger partial charge in [-0.05, 0) is 24.8 Å². The third-order valence-corrected chi connectivity index (χ3v) is 3.52. The average molecular weight is 301 g/mol. The fourth-order valence-corrected chi connectivity index (χ4v) is 2.24. The molecule has 2 rings (SSSR count). The van der Waals surface area contributed by atoms with E-state index in [0.29, 0.717) is 16.3 Å². The monoisotopic (exact) mass is 301 g/mol. The van der Waals surface area contributed by atoms with E-state index in [1.807, 2.05) is 6.07 Å². The maximum Gasteiger partial charge on any atom is 0.335 e. The Morgan fingerprint density at radius 3 is 2.76 bits per heavy atom. The Hall–Kier alpha value is -2.59. The van der Waals surface area contributed by atoms with Crippen LogP contribution in [0, 0.1) is 18.3 Å². The fraction of sp³-hybridized carbons (Fsp3) is 0.143. The summed E-state index contributed by atoms with van der Waals surface area (Å²) in [6.07, 6.45) is 1.74. The molecular formula is C14H11N3O3S. The predicted octanol–water partition coefficient (Wildman–Crippen LogP) is 2.04. The van der Waals surface area contributed by atoms with Crippen LogP contribution in [-0.4, -0.2) is 27.3 Å². The Kier molecular flexibility index (Phi) is 4.10. The van der Waals surface area contributed by atoms with E-state index in [4.69, 9.17) is 10.4 Å². The quantitative estimate of drug-likeness (QED) is 0.663. The standard InChI is InChI=1S/C14H11N3O3S/c1-7-3-4-8(5-9(7)13(19)20)11-10(6-15)12(18)17-14(16-11)21-2/h3-5H,1-2H3,(H,19,20)(H,16,17,18). The van der Waals surface area contributed by atoms with Crippen molar-refractivity contribution in [3.63, 3.8) is 0 Å². The number of aromatic amines is 1. The number of hydrogen-bond donors (Lipinski definition) is 2. The van der Waals surface area contributed by atoms with Crippen LogP contribution >= 0.6 is 11.8 Å². The Morgan fingerprint density at radius 1 is 1.48 bits per heavy atom. The lowest BCUT2D eigenvalue weighted by atomic mass is 10.0. The van der Waals surface area contributed by atoms with Crippen molar-refractivity contribution in [1.29, 1.82) is 5.26 Å². The molecule has 0 aliphatic rings. The Balaban J connectivity index is 2.75. The summed E-state index contributed by atoms with van der Waals surface area (Å²) in [5.74, 6) is -1.07. The van der Waals surface area contributed by atoms with E-state index in [9.17, 15) is 9.59 Å². The van der Waals surface area contributed by atoms with Crippen LogP contribution in [0.3, 0.4) is 0 Å². The molecular weight excluding hydrogens is 290 g/mol. The number of benzene rings is 1. The van der Waals surface area contributed by atoms with Gasteiger partial charge in [0, 0.05) is 5.56 Å². The molecule has 0 fully saturated rings. The highest BCUT2D eigenvalue weighted by Gasteiger charge is 2.16. The summed E-state index contributed by atoms with van der Waals surface area (Å²) >= 11 is 1.23. The zero-order valence-corrected chi connectivity index (χ0v) is 12.1. The van der Waals surface area contributed by atoms with Crippen LogP contribution in [0.5, 0.6) is 0 Å². The highest BCUT2D eigenvalue weighted by molar-refractivity contribution is 7.98. The number of aromatic carboxylic acids is 1. The van der Waals surface area contributed by atoms with E-state index in [0.717, 1.165) is 0 Å². The van der Waals surface area contributed by atoms with Gasteiger partial charge in [-0.2, -0.15) is 5.26 Å². The summed E-state index contributed by atoms with van der Waals surface area (Å²) in [6.45, 7) is 1.68.